The summed E-state index contributed by atoms with van der Waals surface area (Å²) in [6.07, 6.45) is 0.709. The number of rotatable bonds is 8. The number of carbonyl (C=O) groups is 2. The summed E-state index contributed by atoms with van der Waals surface area (Å²) >= 11 is 0. The third-order valence-corrected chi connectivity index (χ3v) is 5.82. The zero-order chi connectivity index (χ0) is 22.6. The molecule has 0 aromatic heterocycles. The third kappa shape index (κ3) is 4.50. The van der Waals surface area contributed by atoms with Crippen LogP contribution in [0.3, 0.4) is 0 Å². The zero-order valence-corrected chi connectivity index (χ0v) is 17.8. The van der Waals surface area contributed by atoms with E-state index in [2.05, 4.69) is 12.1 Å². The van der Waals surface area contributed by atoms with E-state index in [0.717, 1.165) is 22.4 Å². The van der Waals surface area contributed by atoms with Crippen LogP contribution in [0.4, 0.5) is 0 Å². The van der Waals surface area contributed by atoms with Gasteiger partial charge in [0.15, 0.2) is 0 Å². The second-order valence-electron chi connectivity index (χ2n) is 7.92. The Labute approximate surface area is 186 Å². The molecule has 0 aliphatic heterocycles. The van der Waals surface area contributed by atoms with Crippen molar-refractivity contribution in [2.75, 3.05) is 6.61 Å². The van der Waals surface area contributed by atoms with E-state index in [1.54, 1.807) is 12.4 Å². The first-order chi connectivity index (χ1) is 15.6. The number of hydrogen-bond donors (Lipinski definition) is 2. The molecule has 0 saturated heterocycles. The molecule has 6 nitrogen and oxygen atoms in total. The van der Waals surface area contributed by atoms with E-state index in [1.165, 1.54) is 0 Å². The van der Waals surface area contributed by atoms with E-state index >= 15 is 0 Å². The van der Waals surface area contributed by atoms with Crippen molar-refractivity contribution < 1.29 is 24.3 Å². The number of ether oxygens (including phenoxy) is 2. The molecule has 1 fully saturated rings. The van der Waals surface area contributed by atoms with Gasteiger partial charge in [-0.3, -0.25) is 14.8 Å². The van der Waals surface area contributed by atoms with Crippen molar-refractivity contribution in [3.05, 3.63) is 84.4 Å². The van der Waals surface area contributed by atoms with E-state index in [0.29, 0.717) is 18.6 Å². The third-order valence-electron chi connectivity index (χ3n) is 5.82. The molecule has 1 aliphatic carbocycles. The second-order valence-corrected chi connectivity index (χ2v) is 7.92. The molecule has 1 amide bonds. The molecule has 0 radical (unpaired) electrons. The summed E-state index contributed by atoms with van der Waals surface area (Å²) in [5, 5.41) is 8.95. The van der Waals surface area contributed by atoms with Gasteiger partial charge in [-0.1, -0.05) is 54.6 Å². The molecule has 164 valence electrons. The van der Waals surface area contributed by atoms with Crippen molar-refractivity contribution in [2.24, 2.45) is 11.3 Å². The van der Waals surface area contributed by atoms with Gasteiger partial charge in [0, 0.05) is 0 Å². The van der Waals surface area contributed by atoms with Crippen molar-refractivity contribution in [3.8, 4) is 22.6 Å². The van der Waals surface area contributed by atoms with Crippen LogP contribution in [0, 0.1) is 11.3 Å². The average molecular weight is 431 g/mol. The van der Waals surface area contributed by atoms with Crippen LogP contribution in [-0.4, -0.2) is 23.7 Å². The summed E-state index contributed by atoms with van der Waals surface area (Å²) in [7, 11) is 0. The molecule has 3 aromatic rings. The summed E-state index contributed by atoms with van der Waals surface area (Å²) in [5.74, 6) is -0.163. The Hall–Kier alpha value is -3.64. The maximum atomic E-state index is 12.5. The van der Waals surface area contributed by atoms with Crippen LogP contribution in [-0.2, 0) is 20.7 Å². The summed E-state index contributed by atoms with van der Waals surface area (Å²) in [4.78, 5) is 24.4. The van der Waals surface area contributed by atoms with Crippen LogP contribution >= 0.6 is 0 Å². The Balaban J connectivity index is 1.43. The fraction of sp³-hybridized carbons (Fsp3) is 0.231. The number of benzene rings is 3. The summed E-state index contributed by atoms with van der Waals surface area (Å²) in [6, 6.07) is 25.4. The predicted molar refractivity (Wildman–Crippen MR) is 119 cm³/mol. The fourth-order valence-electron chi connectivity index (χ4n) is 4.02. The lowest BCUT2D eigenvalue weighted by atomic mass is 9.93. The molecule has 6 heteroatoms. The first kappa shape index (κ1) is 21.6. The van der Waals surface area contributed by atoms with Crippen LogP contribution in [0.15, 0.2) is 78.9 Å². The molecule has 2 atom stereocenters. The van der Waals surface area contributed by atoms with Gasteiger partial charge in [-0.05, 0) is 60.7 Å². The van der Waals surface area contributed by atoms with E-state index in [-0.39, 0.29) is 6.61 Å². The molecular weight excluding hydrogens is 406 g/mol. The molecule has 3 aromatic carbocycles. The fourth-order valence-corrected chi connectivity index (χ4v) is 4.02. The van der Waals surface area contributed by atoms with E-state index in [9.17, 15) is 9.59 Å². The Morgan fingerprint density at radius 1 is 0.938 bits per heavy atom. The predicted octanol–water partition coefficient (Wildman–Crippen LogP) is 4.76. The lowest BCUT2D eigenvalue weighted by Crippen LogP contribution is -2.30. The summed E-state index contributed by atoms with van der Waals surface area (Å²) in [5.41, 5.74) is 3.86. The first-order valence-corrected chi connectivity index (χ1v) is 10.6. The Kier molecular flexibility index (Phi) is 6.23. The monoisotopic (exact) mass is 431 g/mol. The molecule has 32 heavy (non-hydrogen) atoms. The maximum absolute atomic E-state index is 12.5. The highest BCUT2D eigenvalue weighted by Gasteiger charge is 2.64. The Morgan fingerprint density at radius 3 is 2.12 bits per heavy atom. The molecule has 0 spiro atoms. The van der Waals surface area contributed by atoms with Gasteiger partial charge in [0.2, 0.25) is 5.91 Å². The number of hydroxylamine groups is 1. The number of hydrogen-bond acceptors (Lipinski definition) is 5. The minimum Gasteiger partial charge on any atom is -0.466 e. The van der Waals surface area contributed by atoms with E-state index in [1.807, 2.05) is 66.7 Å². The van der Waals surface area contributed by atoms with Crippen LogP contribution in [0.1, 0.15) is 18.9 Å². The highest BCUT2D eigenvalue weighted by Crippen LogP contribution is 2.56. The zero-order valence-electron chi connectivity index (χ0n) is 17.8. The highest BCUT2D eigenvalue weighted by atomic mass is 16.5. The number of esters is 1. The van der Waals surface area contributed by atoms with Crippen LogP contribution in [0.2, 0.25) is 0 Å². The maximum Gasteiger partial charge on any atom is 0.313 e. The second kappa shape index (κ2) is 9.24. The van der Waals surface area contributed by atoms with Gasteiger partial charge in [0.25, 0.3) is 0 Å². The Morgan fingerprint density at radius 2 is 1.53 bits per heavy atom. The van der Waals surface area contributed by atoms with E-state index in [4.69, 9.17) is 14.7 Å². The minimum atomic E-state index is -0.932. The molecule has 4 rings (SSSR count). The molecule has 0 unspecified atom stereocenters. The lowest BCUT2D eigenvalue weighted by Gasteiger charge is -2.16. The van der Waals surface area contributed by atoms with Crippen molar-refractivity contribution in [1.29, 1.82) is 0 Å². The molecule has 1 aliphatic rings. The van der Waals surface area contributed by atoms with Gasteiger partial charge in [0.1, 0.15) is 11.5 Å². The molecule has 2 N–H and O–H groups in total. The average Bonchev–Trinajstić information content (AvgIpc) is 3.56. The molecule has 0 heterocycles. The van der Waals surface area contributed by atoms with E-state index < -0.39 is 23.2 Å². The van der Waals surface area contributed by atoms with Crippen molar-refractivity contribution in [1.82, 2.24) is 5.48 Å². The number of nitrogens with one attached hydrogen (secondary N) is 1. The quantitative estimate of drug-likeness (QED) is 0.305. The normalized spacial score (nSPS) is 19.1. The lowest BCUT2D eigenvalue weighted by molar-refractivity contribution is -0.152. The SMILES string of the molecule is CCOC(=O)[C@@]1(Cc2ccc(Oc3ccc(-c4ccccc4)cc3)cc2)C[C@@H]1C(=O)NO. The molecular formula is C26H25NO5. The minimum absolute atomic E-state index is 0.240. The van der Waals surface area contributed by atoms with Gasteiger partial charge >= 0.3 is 5.97 Å². The molecule has 1 saturated carbocycles. The van der Waals surface area contributed by atoms with Gasteiger partial charge in [-0.15, -0.1) is 0 Å². The number of carbonyl (C=O) groups excluding carboxylic acids is 2. The van der Waals surface area contributed by atoms with Gasteiger partial charge < -0.3 is 9.47 Å². The van der Waals surface area contributed by atoms with Crippen molar-refractivity contribution >= 4 is 11.9 Å². The van der Waals surface area contributed by atoms with Crippen molar-refractivity contribution in [2.45, 2.75) is 19.8 Å². The van der Waals surface area contributed by atoms with Crippen LogP contribution < -0.4 is 10.2 Å². The van der Waals surface area contributed by atoms with Crippen molar-refractivity contribution in [3.63, 3.8) is 0 Å². The molecule has 0 bridgehead atoms. The van der Waals surface area contributed by atoms with Gasteiger partial charge in [0.05, 0.1) is 17.9 Å². The first-order valence-electron chi connectivity index (χ1n) is 10.6. The Bertz CT molecular complexity index is 1080. The topological polar surface area (TPSA) is 84.9 Å². The summed E-state index contributed by atoms with van der Waals surface area (Å²) < 4.78 is 11.1. The van der Waals surface area contributed by atoms with Gasteiger partial charge in [-0.25, -0.2) is 5.48 Å². The van der Waals surface area contributed by atoms with Crippen LogP contribution in [0.25, 0.3) is 11.1 Å². The van der Waals surface area contributed by atoms with Crippen LogP contribution in [0.5, 0.6) is 11.5 Å². The smallest absolute Gasteiger partial charge is 0.313 e. The largest absolute Gasteiger partial charge is 0.466 e. The highest BCUT2D eigenvalue weighted by molar-refractivity contribution is 5.93. The standard InChI is InChI=1S/C26H25NO5/c1-2-31-25(29)26(17-23(26)24(28)27-30)16-18-8-12-21(13-9-18)32-22-14-10-20(11-15-22)19-6-4-3-5-7-19/h3-15,23,30H,2,16-17H2,1H3,(H,27,28)/t23-,26+/m1/s1. The number of amides is 1. The summed E-state index contributed by atoms with van der Waals surface area (Å²) in [6.45, 7) is 1.97. The van der Waals surface area contributed by atoms with Gasteiger partial charge in [-0.2, -0.15) is 0 Å².